The lowest BCUT2D eigenvalue weighted by Crippen LogP contribution is -2.01. The molecule has 1 aromatic heterocycles. The molecule has 1 unspecified atom stereocenters. The van der Waals surface area contributed by atoms with Crippen LogP contribution in [0.15, 0.2) is 6.07 Å². The molecule has 1 aromatic rings. The van der Waals surface area contributed by atoms with Crippen molar-refractivity contribution in [1.82, 2.24) is 9.78 Å². The van der Waals surface area contributed by atoms with E-state index in [4.69, 9.17) is 0 Å². The molecular weight excluding hydrogens is 216 g/mol. The molecule has 0 N–H and O–H groups in total. The van der Waals surface area contributed by atoms with Gasteiger partial charge in [0.15, 0.2) is 0 Å². The summed E-state index contributed by atoms with van der Waals surface area (Å²) in [6.07, 6.45) is 2.27. The van der Waals surface area contributed by atoms with Crippen molar-refractivity contribution in [1.29, 1.82) is 0 Å². The first-order valence-electron chi connectivity index (χ1n) is 4.23. The Balaban J connectivity index is 2.57. The van der Waals surface area contributed by atoms with Crippen molar-refractivity contribution in [3.63, 3.8) is 0 Å². The summed E-state index contributed by atoms with van der Waals surface area (Å²) in [5.41, 5.74) is 2.42. The molecule has 0 bridgehead atoms. The van der Waals surface area contributed by atoms with Crippen molar-refractivity contribution < 1.29 is 0 Å². The number of halogens is 1. The zero-order chi connectivity index (χ0) is 9.14. The van der Waals surface area contributed by atoms with Crippen LogP contribution in [-0.2, 0) is 13.5 Å². The van der Waals surface area contributed by atoms with E-state index in [1.54, 1.807) is 0 Å². The predicted molar refractivity (Wildman–Crippen MR) is 54.7 cm³/mol. The first kappa shape index (κ1) is 9.78. The number of hydrogen-bond donors (Lipinski definition) is 0. The maximum absolute atomic E-state index is 4.29. The Hall–Kier alpha value is -0.310. The molecule has 12 heavy (non-hydrogen) atoms. The molecule has 1 atom stereocenters. The van der Waals surface area contributed by atoms with Crippen LogP contribution in [0.3, 0.4) is 0 Å². The summed E-state index contributed by atoms with van der Waals surface area (Å²) >= 11 is 3.53. The van der Waals surface area contributed by atoms with Crippen molar-refractivity contribution in [2.45, 2.75) is 31.5 Å². The monoisotopic (exact) mass is 230 g/mol. The second-order valence-corrected chi connectivity index (χ2v) is 4.78. The number of rotatable bonds is 3. The lowest BCUT2D eigenvalue weighted by molar-refractivity contribution is 0.679. The van der Waals surface area contributed by atoms with Crippen LogP contribution >= 0.6 is 15.9 Å². The third kappa shape index (κ3) is 2.63. The van der Waals surface area contributed by atoms with Crippen molar-refractivity contribution in [3.05, 3.63) is 17.5 Å². The molecule has 1 heterocycles. The minimum absolute atomic E-state index is 0.590. The molecule has 0 spiro atoms. The SMILES string of the molecule is Cc1cc(CCC(C)Br)n(C)n1. The quantitative estimate of drug-likeness (QED) is 0.730. The van der Waals surface area contributed by atoms with E-state index in [1.807, 2.05) is 18.7 Å². The van der Waals surface area contributed by atoms with Crippen molar-refractivity contribution in [2.75, 3.05) is 0 Å². The molecule has 0 saturated carbocycles. The van der Waals surface area contributed by atoms with Gasteiger partial charge in [-0.1, -0.05) is 22.9 Å². The summed E-state index contributed by atoms with van der Waals surface area (Å²) < 4.78 is 1.96. The van der Waals surface area contributed by atoms with E-state index in [0.717, 1.165) is 12.1 Å². The highest BCUT2D eigenvalue weighted by Crippen LogP contribution is 2.10. The highest BCUT2D eigenvalue weighted by molar-refractivity contribution is 9.09. The fraction of sp³-hybridized carbons (Fsp3) is 0.667. The third-order valence-corrected chi connectivity index (χ3v) is 2.35. The molecule has 68 valence electrons. The largest absolute Gasteiger partial charge is 0.272 e. The first-order valence-corrected chi connectivity index (χ1v) is 5.14. The van der Waals surface area contributed by atoms with Crippen LogP contribution in [0.2, 0.25) is 0 Å². The third-order valence-electron chi connectivity index (χ3n) is 1.90. The van der Waals surface area contributed by atoms with Crippen LogP contribution in [-0.4, -0.2) is 14.6 Å². The summed E-state index contributed by atoms with van der Waals surface area (Å²) in [6, 6.07) is 2.15. The van der Waals surface area contributed by atoms with Crippen LogP contribution in [0.1, 0.15) is 24.7 Å². The maximum Gasteiger partial charge on any atom is 0.0596 e. The van der Waals surface area contributed by atoms with Crippen molar-refractivity contribution in [3.8, 4) is 0 Å². The zero-order valence-corrected chi connectivity index (χ0v) is 9.43. The molecule has 3 heteroatoms. The minimum Gasteiger partial charge on any atom is -0.272 e. The maximum atomic E-state index is 4.29. The molecular formula is C9H15BrN2. The fourth-order valence-corrected chi connectivity index (χ4v) is 1.47. The second-order valence-electron chi connectivity index (χ2n) is 3.22. The van der Waals surface area contributed by atoms with Gasteiger partial charge in [-0.2, -0.15) is 5.10 Å². The number of aromatic nitrogens is 2. The Bertz CT molecular complexity index is 253. The van der Waals surface area contributed by atoms with Gasteiger partial charge in [-0.25, -0.2) is 0 Å². The summed E-state index contributed by atoms with van der Waals surface area (Å²) in [5, 5.41) is 4.29. The average molecular weight is 231 g/mol. The molecule has 0 aromatic carbocycles. The Morgan fingerprint density at radius 1 is 1.67 bits per heavy atom. The standard InChI is InChI=1S/C9H15BrN2/c1-7(10)4-5-9-6-8(2)11-12(9)3/h6-7H,4-5H2,1-3H3. The number of hydrogen-bond acceptors (Lipinski definition) is 1. The topological polar surface area (TPSA) is 17.8 Å². The van der Waals surface area contributed by atoms with Gasteiger partial charge in [-0.05, 0) is 25.8 Å². The minimum atomic E-state index is 0.590. The number of nitrogens with zero attached hydrogens (tertiary/aromatic N) is 2. The van der Waals surface area contributed by atoms with Gasteiger partial charge in [0.1, 0.15) is 0 Å². The molecule has 0 fully saturated rings. The summed E-state index contributed by atoms with van der Waals surface area (Å²) in [6.45, 7) is 4.20. The van der Waals surface area contributed by atoms with Crippen LogP contribution < -0.4 is 0 Å². The molecule has 0 aliphatic heterocycles. The Kier molecular flexibility index (Phi) is 3.32. The molecule has 0 aliphatic carbocycles. The van der Waals surface area contributed by atoms with Crippen LogP contribution in [0.4, 0.5) is 0 Å². The van der Waals surface area contributed by atoms with Gasteiger partial charge in [0.2, 0.25) is 0 Å². The highest BCUT2D eigenvalue weighted by Gasteiger charge is 2.03. The summed E-state index contributed by atoms with van der Waals surface area (Å²) in [7, 11) is 2.00. The van der Waals surface area contributed by atoms with Gasteiger partial charge in [0, 0.05) is 17.6 Å². The first-order chi connectivity index (χ1) is 5.59. The van der Waals surface area contributed by atoms with Gasteiger partial charge in [0.25, 0.3) is 0 Å². The zero-order valence-electron chi connectivity index (χ0n) is 7.84. The average Bonchev–Trinajstić information content (AvgIpc) is 2.26. The molecule has 0 radical (unpaired) electrons. The Morgan fingerprint density at radius 3 is 2.75 bits per heavy atom. The van der Waals surface area contributed by atoms with Gasteiger partial charge in [-0.15, -0.1) is 0 Å². The lowest BCUT2D eigenvalue weighted by Gasteiger charge is -2.02. The highest BCUT2D eigenvalue weighted by atomic mass is 79.9. The smallest absolute Gasteiger partial charge is 0.0596 e. The van der Waals surface area contributed by atoms with Crippen LogP contribution in [0.25, 0.3) is 0 Å². The summed E-state index contributed by atoms with van der Waals surface area (Å²) in [4.78, 5) is 0.590. The van der Waals surface area contributed by atoms with E-state index in [9.17, 15) is 0 Å². The van der Waals surface area contributed by atoms with Gasteiger partial charge in [0.05, 0.1) is 5.69 Å². The Labute approximate surface area is 82.1 Å². The van der Waals surface area contributed by atoms with Gasteiger partial charge < -0.3 is 0 Å². The predicted octanol–water partition coefficient (Wildman–Crippen LogP) is 2.44. The fourth-order valence-electron chi connectivity index (χ4n) is 1.24. The molecule has 1 rings (SSSR count). The molecule has 0 amide bonds. The number of aryl methyl sites for hydroxylation is 3. The van der Waals surface area contributed by atoms with E-state index < -0.39 is 0 Å². The van der Waals surface area contributed by atoms with Crippen molar-refractivity contribution in [2.24, 2.45) is 7.05 Å². The second kappa shape index (κ2) is 4.08. The van der Waals surface area contributed by atoms with Crippen molar-refractivity contribution >= 4 is 15.9 Å². The van der Waals surface area contributed by atoms with Crippen LogP contribution in [0.5, 0.6) is 0 Å². The number of alkyl halides is 1. The van der Waals surface area contributed by atoms with E-state index >= 15 is 0 Å². The van der Waals surface area contributed by atoms with Crippen LogP contribution in [0, 0.1) is 6.92 Å². The molecule has 0 saturated heterocycles. The summed E-state index contributed by atoms with van der Waals surface area (Å²) in [5.74, 6) is 0. The van der Waals surface area contributed by atoms with E-state index in [-0.39, 0.29) is 0 Å². The normalized spacial score (nSPS) is 13.3. The van der Waals surface area contributed by atoms with E-state index in [0.29, 0.717) is 4.83 Å². The molecule has 0 aliphatic rings. The Morgan fingerprint density at radius 2 is 2.33 bits per heavy atom. The van der Waals surface area contributed by atoms with Gasteiger partial charge >= 0.3 is 0 Å². The lowest BCUT2D eigenvalue weighted by atomic mass is 10.2. The van der Waals surface area contributed by atoms with E-state index in [1.165, 1.54) is 12.1 Å². The van der Waals surface area contributed by atoms with E-state index in [2.05, 4.69) is 34.0 Å². The van der Waals surface area contributed by atoms with Gasteiger partial charge in [-0.3, -0.25) is 4.68 Å². The molecule has 2 nitrogen and oxygen atoms in total.